The van der Waals surface area contributed by atoms with Gasteiger partial charge in [-0.25, -0.2) is 14.4 Å². The van der Waals surface area contributed by atoms with Crippen LogP contribution in [-0.4, -0.2) is 55.8 Å². The number of piperazine rings is 1. The molecule has 0 bridgehead atoms. The van der Waals surface area contributed by atoms with Gasteiger partial charge in [0.1, 0.15) is 11.3 Å². The molecule has 1 saturated carbocycles. The highest BCUT2D eigenvalue weighted by Gasteiger charge is 2.22. The van der Waals surface area contributed by atoms with Gasteiger partial charge in [0.15, 0.2) is 5.82 Å². The molecular weight excluding hydrogens is 431 g/mol. The van der Waals surface area contributed by atoms with E-state index >= 15 is 0 Å². The van der Waals surface area contributed by atoms with E-state index in [2.05, 4.69) is 42.5 Å². The number of aromatic amines is 1. The zero-order valence-corrected chi connectivity index (χ0v) is 19.3. The van der Waals surface area contributed by atoms with Crippen LogP contribution in [0.2, 0.25) is 0 Å². The molecule has 1 aliphatic carbocycles. The molecule has 176 valence electrons. The summed E-state index contributed by atoms with van der Waals surface area (Å²) in [4.78, 5) is 14.5. The molecule has 2 aliphatic rings. The molecule has 4 heterocycles. The van der Waals surface area contributed by atoms with E-state index in [0.717, 1.165) is 49.8 Å². The number of halogens is 1. The largest absolute Gasteiger partial charge is 0.324 e. The summed E-state index contributed by atoms with van der Waals surface area (Å²) >= 11 is 0. The molecular formula is C25H29FN8. The van der Waals surface area contributed by atoms with Crippen molar-refractivity contribution in [3.8, 4) is 11.1 Å². The predicted molar refractivity (Wildman–Crippen MR) is 130 cm³/mol. The minimum absolute atomic E-state index is 0.294. The van der Waals surface area contributed by atoms with E-state index < -0.39 is 0 Å². The molecule has 34 heavy (non-hydrogen) atoms. The first-order valence-electron chi connectivity index (χ1n) is 12.0. The molecule has 3 aromatic heterocycles. The molecule has 1 aromatic carbocycles. The lowest BCUT2D eigenvalue weighted by Gasteiger charge is -2.33. The van der Waals surface area contributed by atoms with E-state index in [0.29, 0.717) is 28.8 Å². The number of rotatable bonds is 7. The molecule has 1 atom stereocenters. The second kappa shape index (κ2) is 8.81. The Hall–Kier alpha value is -3.30. The third kappa shape index (κ3) is 4.41. The molecule has 0 amide bonds. The van der Waals surface area contributed by atoms with Gasteiger partial charge in [-0.2, -0.15) is 5.10 Å². The van der Waals surface area contributed by atoms with Crippen LogP contribution in [0.3, 0.4) is 0 Å². The van der Waals surface area contributed by atoms with Crippen LogP contribution < -0.4 is 10.6 Å². The lowest BCUT2D eigenvalue weighted by Crippen LogP contribution is -2.44. The second-order valence-corrected chi connectivity index (χ2v) is 9.40. The van der Waals surface area contributed by atoms with Crippen LogP contribution in [0.1, 0.15) is 31.4 Å². The van der Waals surface area contributed by atoms with Crippen molar-refractivity contribution in [2.45, 2.75) is 32.4 Å². The van der Waals surface area contributed by atoms with Crippen molar-refractivity contribution in [3.63, 3.8) is 0 Å². The Morgan fingerprint density at radius 1 is 1.18 bits per heavy atom. The first-order valence-corrected chi connectivity index (χ1v) is 12.0. The monoisotopic (exact) mass is 460 g/mol. The van der Waals surface area contributed by atoms with Gasteiger partial charge in [0.05, 0.1) is 11.7 Å². The number of fused-ring (bicyclic) bond motifs is 1. The summed E-state index contributed by atoms with van der Waals surface area (Å²) in [7, 11) is 0. The summed E-state index contributed by atoms with van der Waals surface area (Å²) < 4.78 is 16.9. The Morgan fingerprint density at radius 3 is 2.85 bits per heavy atom. The quantitative estimate of drug-likeness (QED) is 0.385. The second-order valence-electron chi connectivity index (χ2n) is 9.40. The van der Waals surface area contributed by atoms with Crippen molar-refractivity contribution in [2.75, 3.05) is 31.5 Å². The standard InChI is InChI=1S/C25H29FN8/c1-16(33-8-6-27-7-9-33)18-4-5-28-23(12-18)31-25-30-22-11-19(10-21(26)24(22)32-25)20-13-29-34(15-20)14-17-2-3-17/h4-5,10-13,15-17,27H,2-3,6-9,14H2,1H3,(H2,28,30,31,32). The fourth-order valence-electron chi connectivity index (χ4n) is 4.66. The average Bonchev–Trinajstić information content (AvgIpc) is 3.37. The highest BCUT2D eigenvalue weighted by molar-refractivity contribution is 5.84. The van der Waals surface area contributed by atoms with E-state index in [1.165, 1.54) is 24.5 Å². The first-order chi connectivity index (χ1) is 16.6. The lowest BCUT2D eigenvalue weighted by molar-refractivity contribution is 0.185. The van der Waals surface area contributed by atoms with Crippen LogP contribution in [0.25, 0.3) is 22.2 Å². The number of nitrogens with one attached hydrogen (secondary N) is 3. The van der Waals surface area contributed by atoms with Gasteiger partial charge in [0.2, 0.25) is 5.95 Å². The Labute approximate surface area is 197 Å². The van der Waals surface area contributed by atoms with Gasteiger partial charge in [0.25, 0.3) is 0 Å². The molecule has 1 aliphatic heterocycles. The number of hydrogen-bond donors (Lipinski definition) is 3. The van der Waals surface area contributed by atoms with E-state index in [1.54, 1.807) is 12.4 Å². The summed E-state index contributed by atoms with van der Waals surface area (Å²) in [5.41, 5.74) is 3.82. The molecule has 4 aromatic rings. The summed E-state index contributed by atoms with van der Waals surface area (Å²) in [6.45, 7) is 7.22. The number of benzene rings is 1. The summed E-state index contributed by atoms with van der Waals surface area (Å²) in [6, 6.07) is 7.83. The summed E-state index contributed by atoms with van der Waals surface area (Å²) in [5, 5.41) is 11.1. The smallest absolute Gasteiger partial charge is 0.206 e. The number of H-pyrrole nitrogens is 1. The number of imidazole rings is 1. The van der Waals surface area contributed by atoms with Gasteiger partial charge in [0, 0.05) is 56.7 Å². The minimum atomic E-state index is -0.360. The van der Waals surface area contributed by atoms with Crippen molar-refractivity contribution >= 4 is 22.8 Å². The van der Waals surface area contributed by atoms with Crippen molar-refractivity contribution in [3.05, 3.63) is 54.2 Å². The predicted octanol–water partition coefficient (Wildman–Crippen LogP) is 4.08. The maximum Gasteiger partial charge on any atom is 0.206 e. The first kappa shape index (κ1) is 21.2. The highest BCUT2D eigenvalue weighted by atomic mass is 19.1. The lowest BCUT2D eigenvalue weighted by atomic mass is 10.1. The fraction of sp³-hybridized carbons (Fsp3) is 0.400. The topological polar surface area (TPSA) is 86.7 Å². The molecule has 3 N–H and O–H groups in total. The average molecular weight is 461 g/mol. The van der Waals surface area contributed by atoms with E-state index in [4.69, 9.17) is 0 Å². The molecule has 2 fully saturated rings. The van der Waals surface area contributed by atoms with Crippen molar-refractivity contribution in [1.82, 2.24) is 34.9 Å². The third-order valence-electron chi connectivity index (χ3n) is 6.86. The van der Waals surface area contributed by atoms with Gasteiger partial charge in [-0.1, -0.05) is 0 Å². The molecule has 9 heteroatoms. The maximum atomic E-state index is 14.9. The van der Waals surface area contributed by atoms with E-state index in [1.807, 2.05) is 29.1 Å². The van der Waals surface area contributed by atoms with Gasteiger partial charge in [-0.3, -0.25) is 9.58 Å². The number of pyridine rings is 1. The number of aromatic nitrogens is 5. The fourth-order valence-corrected chi connectivity index (χ4v) is 4.66. The van der Waals surface area contributed by atoms with Crippen LogP contribution >= 0.6 is 0 Å². The van der Waals surface area contributed by atoms with Crippen LogP contribution in [0.4, 0.5) is 16.2 Å². The number of nitrogens with zero attached hydrogens (tertiary/aromatic N) is 5. The Balaban J connectivity index is 1.22. The van der Waals surface area contributed by atoms with Gasteiger partial charge >= 0.3 is 0 Å². The number of hydrogen-bond acceptors (Lipinski definition) is 6. The van der Waals surface area contributed by atoms with Gasteiger partial charge < -0.3 is 15.6 Å². The minimum Gasteiger partial charge on any atom is -0.324 e. The zero-order valence-electron chi connectivity index (χ0n) is 19.3. The molecule has 1 saturated heterocycles. The Bertz CT molecular complexity index is 1300. The molecule has 0 spiro atoms. The SMILES string of the molecule is CC(c1ccnc(Nc2nc3c(F)cc(-c4cnn(CC5CC5)c4)cc3[nH]2)c1)N1CCNCC1. The third-order valence-corrected chi connectivity index (χ3v) is 6.86. The van der Waals surface area contributed by atoms with Crippen LogP contribution in [0.5, 0.6) is 0 Å². The summed E-state index contributed by atoms with van der Waals surface area (Å²) in [5.74, 6) is 1.52. The molecule has 8 nitrogen and oxygen atoms in total. The van der Waals surface area contributed by atoms with Crippen molar-refractivity contribution < 1.29 is 4.39 Å². The van der Waals surface area contributed by atoms with Gasteiger partial charge in [-0.05, 0) is 61.1 Å². The van der Waals surface area contributed by atoms with Gasteiger partial charge in [-0.15, -0.1) is 0 Å². The highest BCUT2D eigenvalue weighted by Crippen LogP contribution is 2.32. The van der Waals surface area contributed by atoms with E-state index in [9.17, 15) is 4.39 Å². The van der Waals surface area contributed by atoms with E-state index in [-0.39, 0.29) is 5.82 Å². The van der Waals surface area contributed by atoms with Crippen molar-refractivity contribution in [1.29, 1.82) is 0 Å². The zero-order chi connectivity index (χ0) is 23.1. The van der Waals surface area contributed by atoms with Crippen LogP contribution in [-0.2, 0) is 6.54 Å². The summed E-state index contributed by atoms with van der Waals surface area (Å²) in [6.07, 6.45) is 8.13. The molecule has 1 unspecified atom stereocenters. The molecule has 6 rings (SSSR count). The maximum absolute atomic E-state index is 14.9. The molecule has 0 radical (unpaired) electrons. The van der Waals surface area contributed by atoms with Crippen LogP contribution in [0.15, 0.2) is 42.9 Å². The Kier molecular flexibility index (Phi) is 5.50. The number of anilines is 2. The van der Waals surface area contributed by atoms with Crippen LogP contribution in [0, 0.1) is 11.7 Å². The Morgan fingerprint density at radius 2 is 2.03 bits per heavy atom. The van der Waals surface area contributed by atoms with Crippen molar-refractivity contribution in [2.24, 2.45) is 5.92 Å². The normalized spacial score (nSPS) is 17.8.